The zero-order valence-electron chi connectivity index (χ0n) is 9.39. The van der Waals surface area contributed by atoms with Crippen LogP contribution in [0.2, 0.25) is 0 Å². The fourth-order valence-electron chi connectivity index (χ4n) is 1.57. The molecule has 0 fully saturated rings. The van der Waals surface area contributed by atoms with Gasteiger partial charge in [0, 0.05) is 0 Å². The molecule has 0 saturated carbocycles. The van der Waals surface area contributed by atoms with Crippen molar-refractivity contribution in [2.45, 2.75) is 26.3 Å². The van der Waals surface area contributed by atoms with Gasteiger partial charge in [-0.2, -0.15) is 0 Å². The minimum absolute atomic E-state index is 0.0423. The van der Waals surface area contributed by atoms with Gasteiger partial charge in [0.15, 0.2) is 0 Å². The maximum absolute atomic E-state index is 13.1. The Morgan fingerprint density at radius 1 is 1.53 bits per heavy atom. The molecule has 0 aliphatic heterocycles. The van der Waals surface area contributed by atoms with E-state index in [1.807, 2.05) is 13.0 Å². The Bertz CT molecular complexity index is 333. The molecule has 0 amide bonds. The molecule has 15 heavy (non-hydrogen) atoms. The van der Waals surface area contributed by atoms with Crippen LogP contribution in [0.15, 0.2) is 30.9 Å². The second-order valence-corrected chi connectivity index (χ2v) is 3.67. The largest absolute Gasteiger partial charge is 0.307 e. The fourth-order valence-corrected chi connectivity index (χ4v) is 1.57. The number of aryl methyl sites for hydroxylation is 1. The number of hydrogen-bond acceptors (Lipinski definition) is 1. The van der Waals surface area contributed by atoms with Crippen LogP contribution in [0, 0.1) is 12.7 Å². The van der Waals surface area contributed by atoms with Crippen LogP contribution in [0.4, 0.5) is 4.39 Å². The first-order valence-electron chi connectivity index (χ1n) is 5.31. The van der Waals surface area contributed by atoms with Crippen LogP contribution in [0.3, 0.4) is 0 Å². The van der Waals surface area contributed by atoms with Gasteiger partial charge in [0.1, 0.15) is 5.82 Å². The third kappa shape index (κ3) is 3.17. The van der Waals surface area contributed by atoms with E-state index < -0.39 is 0 Å². The lowest BCUT2D eigenvalue weighted by Crippen LogP contribution is -2.21. The van der Waals surface area contributed by atoms with E-state index in [-0.39, 0.29) is 11.9 Å². The zero-order chi connectivity index (χ0) is 11.3. The average Bonchev–Trinajstić information content (AvgIpc) is 2.24. The average molecular weight is 207 g/mol. The van der Waals surface area contributed by atoms with E-state index in [1.165, 1.54) is 6.07 Å². The molecule has 0 aliphatic rings. The summed E-state index contributed by atoms with van der Waals surface area (Å²) in [6, 6.07) is 4.90. The summed E-state index contributed by atoms with van der Waals surface area (Å²) in [6.45, 7) is 8.77. The molecule has 1 atom stereocenters. The highest BCUT2D eigenvalue weighted by molar-refractivity contribution is 5.31. The highest BCUT2D eigenvalue weighted by atomic mass is 19.1. The molecule has 2 heteroatoms. The molecule has 1 nitrogen and oxygen atoms in total. The van der Waals surface area contributed by atoms with Crippen LogP contribution >= 0.6 is 0 Å². The molecule has 1 aromatic carbocycles. The van der Waals surface area contributed by atoms with Gasteiger partial charge in [-0.25, -0.2) is 4.39 Å². The van der Waals surface area contributed by atoms with Gasteiger partial charge in [0.05, 0.1) is 6.04 Å². The van der Waals surface area contributed by atoms with E-state index in [1.54, 1.807) is 12.1 Å². The van der Waals surface area contributed by atoms with E-state index in [4.69, 9.17) is 0 Å². The second-order valence-electron chi connectivity index (χ2n) is 3.67. The molecule has 1 rings (SSSR count). The summed E-state index contributed by atoms with van der Waals surface area (Å²) in [4.78, 5) is 0. The lowest BCUT2D eigenvalue weighted by Gasteiger charge is -2.17. The van der Waals surface area contributed by atoms with Crippen molar-refractivity contribution in [2.24, 2.45) is 0 Å². The van der Waals surface area contributed by atoms with Crippen LogP contribution < -0.4 is 5.32 Å². The van der Waals surface area contributed by atoms with Gasteiger partial charge >= 0.3 is 0 Å². The summed E-state index contributed by atoms with van der Waals surface area (Å²) in [5.41, 5.74) is 2.06. The Kier molecular flexibility index (Phi) is 4.50. The Morgan fingerprint density at radius 2 is 2.27 bits per heavy atom. The molecule has 1 aromatic rings. The Morgan fingerprint density at radius 3 is 2.87 bits per heavy atom. The van der Waals surface area contributed by atoms with Crippen molar-refractivity contribution >= 4 is 0 Å². The maximum Gasteiger partial charge on any atom is 0.123 e. The molecule has 0 aromatic heterocycles. The molecule has 0 bridgehead atoms. The third-order valence-corrected chi connectivity index (χ3v) is 2.43. The van der Waals surface area contributed by atoms with E-state index in [2.05, 4.69) is 18.8 Å². The SMILES string of the molecule is C=CC(NCCC)c1cc(F)ccc1C. The van der Waals surface area contributed by atoms with Crippen molar-refractivity contribution in [1.29, 1.82) is 0 Å². The smallest absolute Gasteiger partial charge is 0.123 e. The van der Waals surface area contributed by atoms with Gasteiger partial charge in [-0.15, -0.1) is 6.58 Å². The topological polar surface area (TPSA) is 12.0 Å². The highest BCUT2D eigenvalue weighted by Crippen LogP contribution is 2.19. The fraction of sp³-hybridized carbons (Fsp3) is 0.385. The molecule has 1 unspecified atom stereocenters. The van der Waals surface area contributed by atoms with Crippen molar-refractivity contribution in [2.75, 3.05) is 6.54 Å². The summed E-state index contributed by atoms with van der Waals surface area (Å²) in [5.74, 6) is -0.194. The summed E-state index contributed by atoms with van der Waals surface area (Å²) in [6.07, 6.45) is 2.87. The van der Waals surface area contributed by atoms with Crippen LogP contribution in [-0.4, -0.2) is 6.54 Å². The minimum atomic E-state index is -0.194. The van der Waals surface area contributed by atoms with E-state index in [9.17, 15) is 4.39 Å². The predicted molar refractivity (Wildman–Crippen MR) is 62.4 cm³/mol. The molecular weight excluding hydrogens is 189 g/mol. The monoisotopic (exact) mass is 207 g/mol. The van der Waals surface area contributed by atoms with Gasteiger partial charge in [-0.05, 0) is 43.1 Å². The number of rotatable bonds is 5. The number of halogens is 1. The van der Waals surface area contributed by atoms with E-state index in [0.717, 1.165) is 24.1 Å². The lowest BCUT2D eigenvalue weighted by atomic mass is 10.0. The van der Waals surface area contributed by atoms with Crippen molar-refractivity contribution in [3.8, 4) is 0 Å². The third-order valence-electron chi connectivity index (χ3n) is 2.43. The number of hydrogen-bond donors (Lipinski definition) is 1. The summed E-state index contributed by atoms with van der Waals surface area (Å²) in [5, 5.41) is 3.32. The summed E-state index contributed by atoms with van der Waals surface area (Å²) >= 11 is 0. The van der Waals surface area contributed by atoms with Gasteiger partial charge in [-0.3, -0.25) is 0 Å². The number of benzene rings is 1. The Balaban J connectivity index is 2.90. The molecule has 1 N–H and O–H groups in total. The second kappa shape index (κ2) is 5.66. The normalized spacial score (nSPS) is 12.5. The van der Waals surface area contributed by atoms with Gasteiger partial charge in [-0.1, -0.05) is 19.1 Å². The van der Waals surface area contributed by atoms with E-state index >= 15 is 0 Å². The maximum atomic E-state index is 13.1. The van der Waals surface area contributed by atoms with Gasteiger partial charge < -0.3 is 5.32 Å². The minimum Gasteiger partial charge on any atom is -0.307 e. The molecule has 0 radical (unpaired) electrons. The first-order valence-corrected chi connectivity index (χ1v) is 5.31. The van der Waals surface area contributed by atoms with Gasteiger partial charge in [0.2, 0.25) is 0 Å². The van der Waals surface area contributed by atoms with Crippen molar-refractivity contribution in [3.63, 3.8) is 0 Å². The summed E-state index contributed by atoms with van der Waals surface area (Å²) < 4.78 is 13.1. The van der Waals surface area contributed by atoms with Gasteiger partial charge in [0.25, 0.3) is 0 Å². The highest BCUT2D eigenvalue weighted by Gasteiger charge is 2.09. The molecule has 0 heterocycles. The van der Waals surface area contributed by atoms with Crippen LogP contribution in [0.1, 0.15) is 30.5 Å². The first kappa shape index (κ1) is 11.9. The summed E-state index contributed by atoms with van der Waals surface area (Å²) in [7, 11) is 0. The van der Waals surface area contributed by atoms with Crippen molar-refractivity contribution in [3.05, 3.63) is 47.8 Å². The van der Waals surface area contributed by atoms with Crippen molar-refractivity contribution < 1.29 is 4.39 Å². The van der Waals surface area contributed by atoms with Crippen LogP contribution in [0.25, 0.3) is 0 Å². The quantitative estimate of drug-likeness (QED) is 0.730. The predicted octanol–water partition coefficient (Wildman–Crippen LogP) is 3.36. The van der Waals surface area contributed by atoms with E-state index in [0.29, 0.717) is 0 Å². The number of nitrogens with one attached hydrogen (secondary N) is 1. The molecule has 82 valence electrons. The zero-order valence-corrected chi connectivity index (χ0v) is 9.39. The molecule has 0 saturated heterocycles. The first-order chi connectivity index (χ1) is 7.19. The molecule has 0 spiro atoms. The van der Waals surface area contributed by atoms with Crippen molar-refractivity contribution in [1.82, 2.24) is 5.32 Å². The Labute approximate surface area is 91.0 Å². The van der Waals surface area contributed by atoms with Crippen LogP contribution in [0.5, 0.6) is 0 Å². The standard InChI is InChI=1S/C13H18FN/c1-4-8-15-13(5-2)12-9-11(14)7-6-10(12)3/h5-7,9,13,15H,2,4,8H2,1,3H3. The van der Waals surface area contributed by atoms with Crippen LogP contribution in [-0.2, 0) is 0 Å². The molecular formula is C13H18FN. The lowest BCUT2D eigenvalue weighted by molar-refractivity contribution is 0.593. The Hall–Kier alpha value is -1.15. The molecule has 0 aliphatic carbocycles.